The second kappa shape index (κ2) is 12.0. The molecule has 8 aromatic rings. The minimum absolute atomic E-state index is 0.542. The van der Waals surface area contributed by atoms with Gasteiger partial charge in [0.15, 0.2) is 0 Å². The van der Waals surface area contributed by atoms with Gasteiger partial charge in [-0.1, -0.05) is 170 Å². The summed E-state index contributed by atoms with van der Waals surface area (Å²) in [5.74, 6) is 0. The normalized spacial score (nSPS) is 13.6. The van der Waals surface area contributed by atoms with Crippen molar-refractivity contribution in [3.05, 3.63) is 216 Å². The fourth-order valence-electron chi connectivity index (χ4n) is 8.31. The van der Waals surface area contributed by atoms with Crippen LogP contribution in [0.4, 0.5) is 0 Å². The van der Waals surface area contributed by atoms with Gasteiger partial charge in [0, 0.05) is 21.7 Å². The van der Waals surface area contributed by atoms with Crippen LogP contribution in [0.5, 0.6) is 0 Å². The summed E-state index contributed by atoms with van der Waals surface area (Å²) >= 11 is 0. The molecule has 0 amide bonds. The molecule has 0 fully saturated rings. The van der Waals surface area contributed by atoms with Crippen molar-refractivity contribution in [2.45, 2.75) is 12.3 Å². The summed E-state index contributed by atoms with van der Waals surface area (Å²) in [6, 6.07) is 57.9. The molecule has 236 valence electrons. The number of benzene rings is 7. The number of hydrogen-bond donors (Lipinski definition) is 0. The summed E-state index contributed by atoms with van der Waals surface area (Å²) in [5, 5.41) is 4.69. The second-order valence-electron chi connectivity index (χ2n) is 13.0. The molecule has 50 heavy (non-hydrogen) atoms. The monoisotopic (exact) mass is 637 g/mol. The molecule has 1 heteroatoms. The van der Waals surface area contributed by atoms with Crippen molar-refractivity contribution < 1.29 is 0 Å². The molecular weight excluding hydrogens is 603 g/mol. The van der Waals surface area contributed by atoms with Gasteiger partial charge in [-0.15, -0.1) is 0 Å². The number of allylic oxidation sites excluding steroid dienone is 5. The molecule has 7 aromatic carbocycles. The zero-order valence-corrected chi connectivity index (χ0v) is 28.0. The van der Waals surface area contributed by atoms with Crippen LogP contribution in [0.25, 0.3) is 60.4 Å². The number of pyridine rings is 1. The molecule has 0 unspecified atom stereocenters. The van der Waals surface area contributed by atoms with E-state index in [2.05, 4.69) is 189 Å². The van der Waals surface area contributed by atoms with Crippen LogP contribution in [0.3, 0.4) is 0 Å². The zero-order valence-electron chi connectivity index (χ0n) is 28.0. The fourth-order valence-corrected chi connectivity index (χ4v) is 8.31. The van der Waals surface area contributed by atoms with Crippen LogP contribution < -0.4 is 0 Å². The quantitative estimate of drug-likeness (QED) is 0.100. The molecule has 0 saturated heterocycles. The van der Waals surface area contributed by atoms with Crippen molar-refractivity contribution in [3.8, 4) is 22.3 Å². The molecule has 0 spiro atoms. The molecule has 9 rings (SSSR count). The minimum Gasteiger partial charge on any atom is -0.247 e. The first-order valence-electron chi connectivity index (χ1n) is 17.3. The first-order chi connectivity index (χ1) is 24.7. The predicted molar refractivity (Wildman–Crippen MR) is 212 cm³/mol. The van der Waals surface area contributed by atoms with Gasteiger partial charge in [-0.25, -0.2) is 4.98 Å². The maximum absolute atomic E-state index is 5.26. The maximum Gasteiger partial charge on any atom is 0.0794 e. The van der Waals surface area contributed by atoms with E-state index in [1.54, 1.807) is 0 Å². The highest BCUT2D eigenvalue weighted by atomic mass is 14.7. The summed E-state index contributed by atoms with van der Waals surface area (Å²) in [6.07, 6.45) is 8.23. The Bertz CT molecular complexity index is 2620. The molecule has 1 aliphatic rings. The summed E-state index contributed by atoms with van der Waals surface area (Å²) in [4.78, 5) is 5.26. The van der Waals surface area contributed by atoms with E-state index in [9.17, 15) is 0 Å². The standard InChI is InChI=1S/C49H35N/c1-3-15-33(16-4-2)35-26-28-40-41-29-27-36(32-45(41)49(44(40)31-35,37-18-7-5-8-19-37)38-20-9-6-10-21-38)47-42-23-13-14-24-46(42)50-48-39-22-12-11-17-34(39)25-30-43(47)48/h3-32H,1H2,2H3/b16-4-,33-15+. The van der Waals surface area contributed by atoms with E-state index in [1.807, 2.05) is 6.08 Å². The number of fused-ring (bicyclic) bond motifs is 7. The minimum atomic E-state index is -0.542. The van der Waals surface area contributed by atoms with Crippen LogP contribution in [0, 0.1) is 0 Å². The molecule has 0 N–H and O–H groups in total. The fraction of sp³-hybridized carbons (Fsp3) is 0.0408. The average molecular weight is 638 g/mol. The van der Waals surface area contributed by atoms with Gasteiger partial charge in [0.2, 0.25) is 0 Å². The van der Waals surface area contributed by atoms with E-state index in [1.165, 1.54) is 60.8 Å². The van der Waals surface area contributed by atoms with Crippen molar-refractivity contribution in [1.82, 2.24) is 4.98 Å². The zero-order chi connectivity index (χ0) is 33.7. The van der Waals surface area contributed by atoms with Crippen LogP contribution in [-0.2, 0) is 5.41 Å². The largest absolute Gasteiger partial charge is 0.247 e. The highest BCUT2D eigenvalue weighted by Crippen LogP contribution is 2.57. The molecule has 1 aliphatic carbocycles. The highest BCUT2D eigenvalue weighted by Gasteiger charge is 2.46. The Kier molecular flexibility index (Phi) is 7.14. The lowest BCUT2D eigenvalue weighted by Crippen LogP contribution is -2.28. The number of para-hydroxylation sites is 1. The van der Waals surface area contributed by atoms with E-state index in [0.29, 0.717) is 0 Å². The van der Waals surface area contributed by atoms with E-state index in [-0.39, 0.29) is 0 Å². The highest BCUT2D eigenvalue weighted by molar-refractivity contribution is 6.17. The van der Waals surface area contributed by atoms with Crippen LogP contribution in [0.1, 0.15) is 34.7 Å². The van der Waals surface area contributed by atoms with Gasteiger partial charge < -0.3 is 0 Å². The summed E-state index contributed by atoms with van der Waals surface area (Å²) in [7, 11) is 0. The van der Waals surface area contributed by atoms with Crippen molar-refractivity contribution in [2.75, 3.05) is 0 Å². The predicted octanol–water partition coefficient (Wildman–Crippen LogP) is 12.7. The van der Waals surface area contributed by atoms with Gasteiger partial charge >= 0.3 is 0 Å². The number of aromatic nitrogens is 1. The Morgan fingerprint density at radius 2 is 1.24 bits per heavy atom. The molecule has 0 bridgehead atoms. The molecule has 0 aliphatic heterocycles. The maximum atomic E-state index is 5.26. The topological polar surface area (TPSA) is 12.9 Å². The Labute approximate surface area is 293 Å². The average Bonchev–Trinajstić information content (AvgIpc) is 3.47. The van der Waals surface area contributed by atoms with Gasteiger partial charge in [0.1, 0.15) is 0 Å². The van der Waals surface area contributed by atoms with E-state index < -0.39 is 5.41 Å². The first-order valence-corrected chi connectivity index (χ1v) is 17.3. The molecular formula is C49H35N. The van der Waals surface area contributed by atoms with Crippen molar-refractivity contribution in [2.24, 2.45) is 0 Å². The molecule has 1 aromatic heterocycles. The summed E-state index contributed by atoms with van der Waals surface area (Å²) in [5.41, 5.74) is 13.8. The van der Waals surface area contributed by atoms with Crippen molar-refractivity contribution in [3.63, 3.8) is 0 Å². The van der Waals surface area contributed by atoms with Gasteiger partial charge in [-0.2, -0.15) is 0 Å². The smallest absolute Gasteiger partial charge is 0.0794 e. The Morgan fingerprint density at radius 1 is 0.600 bits per heavy atom. The van der Waals surface area contributed by atoms with Crippen molar-refractivity contribution in [1.29, 1.82) is 0 Å². The molecule has 1 heterocycles. The van der Waals surface area contributed by atoms with E-state index in [0.717, 1.165) is 27.4 Å². The third kappa shape index (κ3) is 4.44. The van der Waals surface area contributed by atoms with E-state index >= 15 is 0 Å². The lowest BCUT2D eigenvalue weighted by molar-refractivity contribution is 0.768. The summed E-state index contributed by atoms with van der Waals surface area (Å²) < 4.78 is 0. The van der Waals surface area contributed by atoms with Crippen LogP contribution in [0.2, 0.25) is 0 Å². The Hall–Kier alpha value is -6.31. The first kappa shape index (κ1) is 29.8. The third-order valence-electron chi connectivity index (χ3n) is 10.4. The summed E-state index contributed by atoms with van der Waals surface area (Å²) in [6.45, 7) is 6.09. The van der Waals surface area contributed by atoms with Gasteiger partial charge in [-0.3, -0.25) is 0 Å². The number of hydrogen-bond acceptors (Lipinski definition) is 1. The molecule has 0 atom stereocenters. The van der Waals surface area contributed by atoms with Gasteiger partial charge in [0.05, 0.1) is 16.4 Å². The van der Waals surface area contributed by atoms with Gasteiger partial charge in [-0.05, 0) is 80.6 Å². The SMILES string of the molecule is C=C/C=C(\C=C/C)c1ccc2c(c1)C(c1ccccc1)(c1ccccc1)c1cc(-c3c4ccccc4nc4c3ccc3ccccc34)ccc1-2. The molecule has 0 saturated carbocycles. The van der Waals surface area contributed by atoms with Crippen LogP contribution in [-0.4, -0.2) is 4.98 Å². The lowest BCUT2D eigenvalue weighted by atomic mass is 9.67. The lowest BCUT2D eigenvalue weighted by Gasteiger charge is -2.34. The van der Waals surface area contributed by atoms with Gasteiger partial charge in [0.25, 0.3) is 0 Å². The second-order valence-corrected chi connectivity index (χ2v) is 13.0. The van der Waals surface area contributed by atoms with E-state index in [4.69, 9.17) is 4.98 Å². The van der Waals surface area contributed by atoms with Crippen molar-refractivity contribution >= 4 is 38.2 Å². The third-order valence-corrected chi connectivity index (χ3v) is 10.4. The Morgan fingerprint density at radius 3 is 1.96 bits per heavy atom. The number of rotatable bonds is 6. The molecule has 1 nitrogen and oxygen atoms in total. The Balaban J connectivity index is 1.40. The van der Waals surface area contributed by atoms with Crippen LogP contribution in [0.15, 0.2) is 189 Å². The molecule has 0 radical (unpaired) electrons. The van der Waals surface area contributed by atoms with Crippen LogP contribution >= 0.6 is 0 Å². The number of nitrogens with zero attached hydrogens (tertiary/aromatic N) is 1.